The summed E-state index contributed by atoms with van der Waals surface area (Å²) in [7, 11) is 0. The number of nitrogens with zero attached hydrogens (tertiary/aromatic N) is 2. The molecule has 0 bridgehead atoms. The summed E-state index contributed by atoms with van der Waals surface area (Å²) in [5.74, 6) is 0.0929. The lowest BCUT2D eigenvalue weighted by Gasteiger charge is -2.29. The summed E-state index contributed by atoms with van der Waals surface area (Å²) in [5, 5.41) is -0.316. The molecule has 0 aromatic heterocycles. The van der Waals surface area contributed by atoms with Gasteiger partial charge in [0.25, 0.3) is 0 Å². The molecular formula is C22H28N2O2S. The number of carbonyl (C=O) groups is 2. The quantitative estimate of drug-likeness (QED) is 0.678. The highest BCUT2D eigenvalue weighted by molar-refractivity contribution is 8.01. The van der Waals surface area contributed by atoms with Gasteiger partial charge in [0.05, 0.1) is 5.25 Å². The summed E-state index contributed by atoms with van der Waals surface area (Å²) in [4.78, 5) is 30.4. The molecule has 2 aliphatic heterocycles. The Bertz CT molecular complexity index is 764. The van der Waals surface area contributed by atoms with Crippen molar-refractivity contribution in [1.82, 2.24) is 4.90 Å². The van der Waals surface area contributed by atoms with Gasteiger partial charge >= 0.3 is 0 Å². The number of carbonyl (C=O) groups excluding carboxylic acids is 2. The van der Waals surface area contributed by atoms with E-state index in [1.807, 2.05) is 17.2 Å². The number of aldehydes is 1. The van der Waals surface area contributed by atoms with E-state index in [0.29, 0.717) is 6.54 Å². The SMILES string of the molecule is CC(C)(C)CCN1C(=O)C(CC=O)SC1c1ccccc1C1=CC=NCC1. The van der Waals surface area contributed by atoms with Gasteiger partial charge in [-0.05, 0) is 41.0 Å². The fourth-order valence-corrected chi connectivity index (χ4v) is 4.93. The molecule has 1 aromatic carbocycles. The van der Waals surface area contributed by atoms with Crippen LogP contribution >= 0.6 is 11.8 Å². The Morgan fingerprint density at radius 3 is 2.74 bits per heavy atom. The van der Waals surface area contributed by atoms with Crippen LogP contribution in [-0.4, -0.2) is 41.6 Å². The molecule has 2 aliphatic rings. The molecule has 1 fully saturated rings. The van der Waals surface area contributed by atoms with Crippen molar-refractivity contribution >= 4 is 35.7 Å². The molecule has 0 saturated carbocycles. The lowest BCUT2D eigenvalue weighted by Crippen LogP contribution is -2.34. The second-order valence-electron chi connectivity index (χ2n) is 8.31. The first-order valence-corrected chi connectivity index (χ1v) is 10.5. The molecule has 2 atom stereocenters. The van der Waals surface area contributed by atoms with E-state index < -0.39 is 0 Å². The molecule has 27 heavy (non-hydrogen) atoms. The smallest absolute Gasteiger partial charge is 0.237 e. The number of hydrogen-bond acceptors (Lipinski definition) is 4. The molecule has 2 heterocycles. The molecule has 2 unspecified atom stereocenters. The van der Waals surface area contributed by atoms with E-state index in [4.69, 9.17) is 0 Å². The first kappa shape index (κ1) is 19.9. The molecule has 1 aromatic rings. The predicted octanol–water partition coefficient (Wildman–Crippen LogP) is 4.51. The van der Waals surface area contributed by atoms with E-state index in [-0.39, 0.29) is 28.4 Å². The number of dihydropyridines is 1. The van der Waals surface area contributed by atoms with Gasteiger partial charge in [-0.25, -0.2) is 0 Å². The Labute approximate surface area is 166 Å². The minimum absolute atomic E-state index is 0.0410. The second kappa shape index (κ2) is 8.42. The molecule has 1 amide bonds. The third-order valence-electron chi connectivity index (χ3n) is 5.01. The van der Waals surface area contributed by atoms with Crippen LogP contribution in [0.3, 0.4) is 0 Å². The fourth-order valence-electron chi connectivity index (χ4n) is 3.47. The van der Waals surface area contributed by atoms with Gasteiger partial charge in [0.15, 0.2) is 0 Å². The Hall–Kier alpha value is -1.88. The zero-order chi connectivity index (χ0) is 19.4. The molecule has 4 nitrogen and oxygen atoms in total. The van der Waals surface area contributed by atoms with Crippen LogP contribution in [0.15, 0.2) is 35.3 Å². The maximum absolute atomic E-state index is 13.0. The second-order valence-corrected chi connectivity index (χ2v) is 9.59. The summed E-state index contributed by atoms with van der Waals surface area (Å²) >= 11 is 1.62. The van der Waals surface area contributed by atoms with E-state index in [0.717, 1.165) is 25.7 Å². The zero-order valence-electron chi connectivity index (χ0n) is 16.4. The number of rotatable bonds is 6. The van der Waals surface area contributed by atoms with Gasteiger partial charge in [0, 0.05) is 25.7 Å². The average molecular weight is 385 g/mol. The monoisotopic (exact) mass is 384 g/mol. The average Bonchev–Trinajstić information content (AvgIpc) is 2.96. The van der Waals surface area contributed by atoms with E-state index >= 15 is 0 Å². The van der Waals surface area contributed by atoms with Gasteiger partial charge in [0.2, 0.25) is 5.91 Å². The van der Waals surface area contributed by atoms with Crippen LogP contribution in [0.1, 0.15) is 56.5 Å². The highest BCUT2D eigenvalue weighted by Crippen LogP contribution is 2.46. The molecule has 0 aliphatic carbocycles. The van der Waals surface area contributed by atoms with Crippen LogP contribution in [-0.2, 0) is 9.59 Å². The van der Waals surface area contributed by atoms with Crippen molar-refractivity contribution < 1.29 is 9.59 Å². The van der Waals surface area contributed by atoms with Crippen LogP contribution in [0.4, 0.5) is 0 Å². The van der Waals surface area contributed by atoms with Gasteiger partial charge in [-0.2, -0.15) is 0 Å². The number of allylic oxidation sites excluding steroid dienone is 1. The third-order valence-corrected chi connectivity index (χ3v) is 6.50. The highest BCUT2D eigenvalue weighted by Gasteiger charge is 2.41. The van der Waals surface area contributed by atoms with Crippen molar-refractivity contribution in [2.45, 2.75) is 50.7 Å². The van der Waals surface area contributed by atoms with Crippen LogP contribution in [0, 0.1) is 5.41 Å². The summed E-state index contributed by atoms with van der Waals surface area (Å²) in [5.41, 5.74) is 3.78. The molecule has 0 N–H and O–H groups in total. The van der Waals surface area contributed by atoms with Gasteiger partial charge in [-0.1, -0.05) is 45.0 Å². The Balaban J connectivity index is 1.95. The largest absolute Gasteiger partial charge is 0.326 e. The van der Waals surface area contributed by atoms with Crippen LogP contribution in [0.25, 0.3) is 5.57 Å². The molecule has 3 rings (SSSR count). The standard InChI is InChI=1S/C22H28N2O2S/c1-22(2,3)11-14-24-20(26)19(10-15-25)27-21(24)18-7-5-4-6-17(18)16-8-12-23-13-9-16/h4-8,12,15,19,21H,9-11,13-14H2,1-3H3. The van der Waals surface area contributed by atoms with Crippen LogP contribution < -0.4 is 0 Å². The van der Waals surface area contributed by atoms with Gasteiger partial charge < -0.3 is 9.69 Å². The maximum Gasteiger partial charge on any atom is 0.237 e. The number of hydrogen-bond donors (Lipinski definition) is 0. The Kier molecular flexibility index (Phi) is 6.20. The molecule has 1 saturated heterocycles. The summed E-state index contributed by atoms with van der Waals surface area (Å²) < 4.78 is 0. The fraction of sp³-hybridized carbons (Fsp3) is 0.500. The van der Waals surface area contributed by atoms with Gasteiger partial charge in [-0.3, -0.25) is 9.79 Å². The lowest BCUT2D eigenvalue weighted by atomic mass is 9.91. The third kappa shape index (κ3) is 4.70. The number of aliphatic imine (C=N–C) groups is 1. The van der Waals surface area contributed by atoms with E-state index in [1.54, 1.807) is 11.8 Å². The highest BCUT2D eigenvalue weighted by atomic mass is 32.2. The first-order chi connectivity index (χ1) is 12.9. The van der Waals surface area contributed by atoms with E-state index in [1.165, 1.54) is 16.7 Å². The van der Waals surface area contributed by atoms with Gasteiger partial charge in [-0.15, -0.1) is 11.8 Å². The maximum atomic E-state index is 13.0. The summed E-state index contributed by atoms with van der Waals surface area (Å²) in [6, 6.07) is 8.35. The number of thioether (sulfide) groups is 1. The van der Waals surface area contributed by atoms with Crippen molar-refractivity contribution in [3.63, 3.8) is 0 Å². The number of amides is 1. The summed E-state index contributed by atoms with van der Waals surface area (Å²) in [6.45, 7) is 8.10. The molecule has 0 spiro atoms. The first-order valence-electron chi connectivity index (χ1n) is 9.58. The minimum atomic E-state index is -0.276. The van der Waals surface area contributed by atoms with E-state index in [9.17, 15) is 9.59 Å². The van der Waals surface area contributed by atoms with Crippen LogP contribution in [0.2, 0.25) is 0 Å². The van der Waals surface area contributed by atoms with Crippen LogP contribution in [0.5, 0.6) is 0 Å². The minimum Gasteiger partial charge on any atom is -0.326 e. The zero-order valence-corrected chi connectivity index (χ0v) is 17.2. The van der Waals surface area contributed by atoms with Crippen molar-refractivity contribution in [3.05, 3.63) is 41.5 Å². The molecule has 144 valence electrons. The topological polar surface area (TPSA) is 49.7 Å². The van der Waals surface area contributed by atoms with Crippen molar-refractivity contribution in [1.29, 1.82) is 0 Å². The summed E-state index contributed by atoms with van der Waals surface area (Å²) in [6.07, 6.45) is 6.94. The number of benzene rings is 1. The Morgan fingerprint density at radius 1 is 1.30 bits per heavy atom. The molecular weight excluding hydrogens is 356 g/mol. The molecule has 0 radical (unpaired) electrons. The van der Waals surface area contributed by atoms with Crippen molar-refractivity contribution in [2.75, 3.05) is 13.1 Å². The van der Waals surface area contributed by atoms with Crippen molar-refractivity contribution in [2.24, 2.45) is 10.4 Å². The molecule has 5 heteroatoms. The van der Waals surface area contributed by atoms with Crippen molar-refractivity contribution in [3.8, 4) is 0 Å². The normalized spacial score (nSPS) is 22.9. The van der Waals surface area contributed by atoms with E-state index in [2.05, 4.69) is 50.0 Å². The van der Waals surface area contributed by atoms with Gasteiger partial charge in [0.1, 0.15) is 11.7 Å². The predicted molar refractivity (Wildman–Crippen MR) is 113 cm³/mol. The lowest BCUT2D eigenvalue weighted by molar-refractivity contribution is -0.131. The Morgan fingerprint density at radius 2 is 2.07 bits per heavy atom.